The summed E-state index contributed by atoms with van der Waals surface area (Å²) in [6.45, 7) is 10.7. The van der Waals surface area contributed by atoms with Gasteiger partial charge in [-0.15, -0.1) is 11.3 Å². The van der Waals surface area contributed by atoms with Crippen molar-refractivity contribution < 1.29 is 4.79 Å². The fourth-order valence-corrected chi connectivity index (χ4v) is 4.71. The van der Waals surface area contributed by atoms with Crippen LogP contribution in [-0.2, 0) is 4.79 Å². The van der Waals surface area contributed by atoms with Crippen LogP contribution in [-0.4, -0.2) is 85.5 Å². The topological polar surface area (TPSA) is 51.2 Å². The first-order chi connectivity index (χ1) is 13.1. The minimum atomic E-state index is -0.0147. The highest BCUT2D eigenvalue weighted by molar-refractivity contribution is 7.10. The molecule has 0 aromatic carbocycles. The number of hydrogen-bond acceptors (Lipinski definition) is 4. The molecule has 2 aliphatic rings. The monoisotopic (exact) mass is 391 g/mol. The number of nitrogens with one attached hydrogen (secondary N) is 1. The number of rotatable bonds is 5. The molecule has 0 radical (unpaired) electrons. The van der Waals surface area contributed by atoms with E-state index in [1.165, 1.54) is 4.88 Å². The van der Waals surface area contributed by atoms with Crippen molar-refractivity contribution in [2.24, 2.45) is 4.99 Å². The molecular formula is C20H33N5OS. The van der Waals surface area contributed by atoms with Crippen LogP contribution in [0.4, 0.5) is 0 Å². The smallest absolute Gasteiger partial charge is 0.239 e. The summed E-state index contributed by atoms with van der Waals surface area (Å²) in [5, 5.41) is 5.66. The molecule has 0 aliphatic carbocycles. The van der Waals surface area contributed by atoms with E-state index in [0.717, 1.165) is 64.6 Å². The molecule has 2 unspecified atom stereocenters. The lowest BCUT2D eigenvalue weighted by molar-refractivity contribution is -0.135. The highest BCUT2D eigenvalue weighted by Crippen LogP contribution is 2.20. The van der Waals surface area contributed by atoms with Gasteiger partial charge in [0.15, 0.2) is 5.96 Å². The number of piperazine rings is 1. The van der Waals surface area contributed by atoms with Gasteiger partial charge < -0.3 is 15.1 Å². The normalized spacial score (nSPS) is 21.4. The molecule has 1 aromatic heterocycles. The van der Waals surface area contributed by atoms with Crippen molar-refractivity contribution in [3.05, 3.63) is 22.4 Å². The lowest BCUT2D eigenvalue weighted by Crippen LogP contribution is -2.57. The zero-order valence-electron chi connectivity index (χ0n) is 16.9. The molecule has 1 aromatic rings. The Morgan fingerprint density at radius 3 is 2.44 bits per heavy atom. The number of guanidine groups is 1. The molecule has 150 valence electrons. The van der Waals surface area contributed by atoms with Gasteiger partial charge in [0.2, 0.25) is 5.91 Å². The van der Waals surface area contributed by atoms with Crippen molar-refractivity contribution in [3.8, 4) is 0 Å². The van der Waals surface area contributed by atoms with Gasteiger partial charge in [0.05, 0.1) is 6.04 Å². The average molecular weight is 392 g/mol. The molecule has 0 saturated carbocycles. The maximum atomic E-state index is 12.6. The molecule has 2 aliphatic heterocycles. The Kier molecular flexibility index (Phi) is 7.13. The summed E-state index contributed by atoms with van der Waals surface area (Å²) >= 11 is 1.81. The fraction of sp³-hybridized carbons (Fsp3) is 0.700. The summed E-state index contributed by atoms with van der Waals surface area (Å²) in [5.74, 6) is 1.74. The molecule has 1 N–H and O–H groups in total. The number of nitrogens with zero attached hydrogens (tertiary/aromatic N) is 4. The van der Waals surface area contributed by atoms with Crippen LogP contribution >= 0.6 is 11.3 Å². The van der Waals surface area contributed by atoms with Crippen LogP contribution in [0.25, 0.3) is 0 Å². The van der Waals surface area contributed by atoms with Gasteiger partial charge in [-0.05, 0) is 31.2 Å². The summed E-state index contributed by atoms with van der Waals surface area (Å²) < 4.78 is 0. The number of likely N-dealkylation sites (tertiary alicyclic amines) is 1. The van der Waals surface area contributed by atoms with Gasteiger partial charge >= 0.3 is 0 Å². The molecule has 0 bridgehead atoms. The van der Waals surface area contributed by atoms with Crippen molar-refractivity contribution in [3.63, 3.8) is 0 Å². The van der Waals surface area contributed by atoms with E-state index in [-0.39, 0.29) is 6.04 Å². The first kappa shape index (κ1) is 20.1. The molecule has 27 heavy (non-hydrogen) atoms. The van der Waals surface area contributed by atoms with E-state index in [4.69, 9.17) is 0 Å². The highest BCUT2D eigenvalue weighted by atomic mass is 32.1. The Bertz CT molecular complexity index is 618. The van der Waals surface area contributed by atoms with Crippen LogP contribution in [0.5, 0.6) is 0 Å². The quantitative estimate of drug-likeness (QED) is 0.617. The summed E-state index contributed by atoms with van der Waals surface area (Å²) in [6, 6.07) is 4.28. The van der Waals surface area contributed by atoms with Crippen molar-refractivity contribution in [2.45, 2.75) is 38.6 Å². The average Bonchev–Trinajstić information content (AvgIpc) is 3.41. The standard InChI is InChI=1S/C20H33N5OS/c1-16(18-7-6-14-27-18)15-22-20(21-3)25-12-10-23(11-13-25)17(2)19(26)24-8-4-5-9-24/h6-7,14,16-17H,4-5,8-13,15H2,1-3H3,(H,21,22). The second-order valence-corrected chi connectivity index (χ2v) is 8.56. The maximum Gasteiger partial charge on any atom is 0.239 e. The van der Waals surface area contributed by atoms with Crippen LogP contribution < -0.4 is 5.32 Å². The number of thiophene rings is 1. The van der Waals surface area contributed by atoms with Crippen LogP contribution in [0.15, 0.2) is 22.5 Å². The van der Waals surface area contributed by atoms with E-state index in [9.17, 15) is 4.79 Å². The molecule has 1 amide bonds. The van der Waals surface area contributed by atoms with Crippen molar-refractivity contribution in [2.75, 3.05) is 52.9 Å². The van der Waals surface area contributed by atoms with Gasteiger partial charge in [-0.2, -0.15) is 0 Å². The molecular weight excluding hydrogens is 358 g/mol. The lowest BCUT2D eigenvalue weighted by Gasteiger charge is -2.39. The second-order valence-electron chi connectivity index (χ2n) is 7.58. The number of aliphatic imine (C=N–C) groups is 1. The van der Waals surface area contributed by atoms with Crippen LogP contribution in [0.1, 0.15) is 37.5 Å². The largest absolute Gasteiger partial charge is 0.356 e. The first-order valence-corrected chi connectivity index (χ1v) is 11.0. The van der Waals surface area contributed by atoms with Gasteiger partial charge in [0.1, 0.15) is 0 Å². The highest BCUT2D eigenvalue weighted by Gasteiger charge is 2.30. The molecule has 3 heterocycles. The van der Waals surface area contributed by atoms with Gasteiger partial charge in [0.25, 0.3) is 0 Å². The summed E-state index contributed by atoms with van der Waals surface area (Å²) in [4.78, 5) is 25.2. The van der Waals surface area contributed by atoms with Gasteiger partial charge in [-0.25, -0.2) is 0 Å². The van der Waals surface area contributed by atoms with E-state index in [1.807, 2.05) is 11.9 Å². The second kappa shape index (κ2) is 9.55. The van der Waals surface area contributed by atoms with Crippen LogP contribution in [0.2, 0.25) is 0 Å². The first-order valence-electron chi connectivity index (χ1n) is 10.1. The Morgan fingerprint density at radius 2 is 1.85 bits per heavy atom. The molecule has 0 spiro atoms. The molecule has 7 heteroatoms. The molecule has 2 saturated heterocycles. The van der Waals surface area contributed by atoms with E-state index in [0.29, 0.717) is 11.8 Å². The van der Waals surface area contributed by atoms with Crippen molar-refractivity contribution >= 4 is 23.2 Å². The Labute approximate surface area is 167 Å². The van der Waals surface area contributed by atoms with Crippen LogP contribution in [0.3, 0.4) is 0 Å². The lowest BCUT2D eigenvalue weighted by atomic mass is 10.1. The minimum absolute atomic E-state index is 0.0147. The molecule has 3 rings (SSSR count). The third-order valence-corrected chi connectivity index (χ3v) is 6.85. The zero-order valence-corrected chi connectivity index (χ0v) is 17.7. The Balaban J connectivity index is 1.46. The third kappa shape index (κ3) is 5.02. The van der Waals surface area contributed by atoms with Crippen molar-refractivity contribution in [1.82, 2.24) is 20.0 Å². The zero-order chi connectivity index (χ0) is 19.2. The van der Waals surface area contributed by atoms with Gasteiger partial charge in [-0.3, -0.25) is 14.7 Å². The molecule has 2 fully saturated rings. The van der Waals surface area contributed by atoms with Gasteiger partial charge in [-0.1, -0.05) is 13.0 Å². The van der Waals surface area contributed by atoms with Crippen LogP contribution in [0, 0.1) is 0 Å². The number of amides is 1. The van der Waals surface area contributed by atoms with E-state index in [2.05, 4.69) is 51.5 Å². The fourth-order valence-electron chi connectivity index (χ4n) is 3.93. The van der Waals surface area contributed by atoms with Gasteiger partial charge in [0, 0.05) is 63.7 Å². The number of hydrogen-bond donors (Lipinski definition) is 1. The minimum Gasteiger partial charge on any atom is -0.356 e. The molecule has 6 nitrogen and oxygen atoms in total. The van der Waals surface area contributed by atoms with Crippen molar-refractivity contribution in [1.29, 1.82) is 0 Å². The SMILES string of the molecule is CN=C(NCC(C)c1cccs1)N1CCN(C(C)C(=O)N2CCCC2)CC1. The maximum absolute atomic E-state index is 12.6. The van der Waals surface area contributed by atoms with E-state index >= 15 is 0 Å². The summed E-state index contributed by atoms with van der Waals surface area (Å²) in [5.41, 5.74) is 0. The van der Waals surface area contributed by atoms with E-state index < -0.39 is 0 Å². The third-order valence-electron chi connectivity index (χ3n) is 5.74. The number of carbonyl (C=O) groups is 1. The molecule has 2 atom stereocenters. The summed E-state index contributed by atoms with van der Waals surface area (Å²) in [6.07, 6.45) is 2.30. The Hall–Kier alpha value is -1.60. The predicted molar refractivity (Wildman–Crippen MR) is 113 cm³/mol. The Morgan fingerprint density at radius 1 is 1.15 bits per heavy atom. The van der Waals surface area contributed by atoms with E-state index in [1.54, 1.807) is 11.3 Å². The number of carbonyl (C=O) groups excluding carboxylic acids is 1. The predicted octanol–water partition coefficient (Wildman–Crippen LogP) is 2.06. The summed E-state index contributed by atoms with van der Waals surface area (Å²) in [7, 11) is 1.85.